The Balaban J connectivity index is 1.70. The van der Waals surface area contributed by atoms with Gasteiger partial charge < -0.3 is 20.1 Å². The van der Waals surface area contributed by atoms with E-state index >= 15 is 0 Å². The monoisotopic (exact) mass is 488 g/mol. The number of esters is 1. The van der Waals surface area contributed by atoms with E-state index in [1.165, 1.54) is 12.0 Å². The van der Waals surface area contributed by atoms with E-state index in [1.807, 2.05) is 69.3 Å². The van der Waals surface area contributed by atoms with Crippen LogP contribution in [0.5, 0.6) is 5.88 Å². The van der Waals surface area contributed by atoms with Gasteiger partial charge in [-0.25, -0.2) is 14.8 Å². The van der Waals surface area contributed by atoms with Gasteiger partial charge in [0.15, 0.2) is 0 Å². The summed E-state index contributed by atoms with van der Waals surface area (Å²) in [6.45, 7) is 9.71. The molecule has 1 amide bonds. The van der Waals surface area contributed by atoms with Crippen molar-refractivity contribution in [2.24, 2.45) is 11.1 Å². The average Bonchev–Trinajstić information content (AvgIpc) is 3.30. The highest BCUT2D eigenvalue weighted by Crippen LogP contribution is 2.33. The summed E-state index contributed by atoms with van der Waals surface area (Å²) in [7, 11) is 1.31. The predicted molar refractivity (Wildman–Crippen MR) is 139 cm³/mol. The summed E-state index contributed by atoms with van der Waals surface area (Å²) in [6, 6.07) is 13.7. The fourth-order valence-corrected chi connectivity index (χ4v) is 4.26. The molecule has 3 atom stereocenters. The van der Waals surface area contributed by atoms with Crippen molar-refractivity contribution in [2.75, 3.05) is 13.7 Å². The van der Waals surface area contributed by atoms with Gasteiger partial charge >= 0.3 is 5.97 Å². The molecule has 36 heavy (non-hydrogen) atoms. The quantitative estimate of drug-likeness (QED) is 0.525. The minimum Gasteiger partial charge on any atom is -0.471 e. The summed E-state index contributed by atoms with van der Waals surface area (Å²) in [5.74, 6) is -0.482. The molecular weight excluding hydrogens is 456 g/mol. The third-order valence-electron chi connectivity index (χ3n) is 6.43. The number of hydrogen-bond donors (Lipinski definition) is 1. The molecule has 0 saturated carbocycles. The number of fused-ring (bicyclic) bond motifs is 1. The number of para-hydroxylation sites is 2. The number of carbonyl (C=O) groups excluding carboxylic acids is 2. The number of nitrogens with two attached hydrogens (primary N) is 1. The Labute approximate surface area is 211 Å². The highest BCUT2D eigenvalue weighted by Gasteiger charge is 2.45. The Hall–Kier alpha value is -3.78. The van der Waals surface area contributed by atoms with Gasteiger partial charge in [0, 0.05) is 12.0 Å². The van der Waals surface area contributed by atoms with Crippen LogP contribution >= 0.6 is 0 Å². The average molecular weight is 489 g/mol. The van der Waals surface area contributed by atoms with Gasteiger partial charge in [-0.15, -0.1) is 0 Å². The standard InChI is InChI=1S/C28H32N4O4/c1-6-17-10-9-11-18(14-17)23-25(31-21-13-8-7-12-20(21)30-23)36-19-15-22(27(34)35-5)32(16-19)26(33)24(29)28(2,3)4/h6-14,19,22,24H,1,15-16,29H2,2-5H3/t19-,22+,24-/m1/s1. The number of hydrogen-bond acceptors (Lipinski definition) is 7. The first kappa shape index (κ1) is 25.3. The molecule has 4 rings (SSSR count). The Kier molecular flexibility index (Phi) is 7.08. The van der Waals surface area contributed by atoms with E-state index < -0.39 is 29.6 Å². The number of methoxy groups -OCH3 is 1. The summed E-state index contributed by atoms with van der Waals surface area (Å²) >= 11 is 0. The largest absolute Gasteiger partial charge is 0.471 e. The zero-order valence-corrected chi connectivity index (χ0v) is 21.1. The topological polar surface area (TPSA) is 108 Å². The third kappa shape index (κ3) is 5.09. The van der Waals surface area contributed by atoms with Crippen LogP contribution in [-0.4, -0.2) is 58.6 Å². The van der Waals surface area contributed by atoms with Crippen molar-refractivity contribution in [1.29, 1.82) is 0 Å². The van der Waals surface area contributed by atoms with E-state index in [0.717, 1.165) is 16.6 Å². The maximum Gasteiger partial charge on any atom is 0.328 e. The highest BCUT2D eigenvalue weighted by molar-refractivity contribution is 5.88. The zero-order valence-electron chi connectivity index (χ0n) is 21.1. The minimum atomic E-state index is -0.790. The van der Waals surface area contributed by atoms with Crippen LogP contribution in [0.1, 0.15) is 32.8 Å². The van der Waals surface area contributed by atoms with Crippen molar-refractivity contribution in [1.82, 2.24) is 14.9 Å². The highest BCUT2D eigenvalue weighted by atomic mass is 16.5. The van der Waals surface area contributed by atoms with Gasteiger partial charge in [-0.2, -0.15) is 0 Å². The second-order valence-electron chi connectivity index (χ2n) is 10.0. The Morgan fingerprint density at radius 2 is 1.83 bits per heavy atom. The predicted octanol–water partition coefficient (Wildman–Crippen LogP) is 3.83. The minimum absolute atomic E-state index is 0.184. The Morgan fingerprint density at radius 3 is 2.47 bits per heavy atom. The van der Waals surface area contributed by atoms with Crippen LogP contribution in [0.15, 0.2) is 55.1 Å². The number of ether oxygens (including phenoxy) is 2. The lowest BCUT2D eigenvalue weighted by molar-refractivity contribution is -0.152. The number of aromatic nitrogens is 2. The van der Waals surface area contributed by atoms with E-state index in [0.29, 0.717) is 17.1 Å². The van der Waals surface area contributed by atoms with Crippen molar-refractivity contribution in [3.63, 3.8) is 0 Å². The fraction of sp³-hybridized carbons (Fsp3) is 0.357. The van der Waals surface area contributed by atoms with E-state index in [1.54, 1.807) is 6.08 Å². The molecule has 2 heterocycles. The molecule has 3 aromatic rings. The van der Waals surface area contributed by atoms with Crippen molar-refractivity contribution in [2.45, 2.75) is 45.4 Å². The molecule has 8 heteroatoms. The number of amides is 1. The van der Waals surface area contributed by atoms with Crippen molar-refractivity contribution in [3.8, 4) is 17.1 Å². The normalized spacial score (nSPS) is 18.6. The first-order chi connectivity index (χ1) is 17.1. The number of benzene rings is 2. The zero-order chi connectivity index (χ0) is 26.0. The number of nitrogens with zero attached hydrogens (tertiary/aromatic N) is 3. The molecule has 0 unspecified atom stereocenters. The summed E-state index contributed by atoms with van der Waals surface area (Å²) in [6.07, 6.45) is 1.52. The second-order valence-corrected chi connectivity index (χ2v) is 10.0. The maximum absolute atomic E-state index is 13.3. The summed E-state index contributed by atoms with van der Waals surface area (Å²) in [5, 5.41) is 0. The summed E-state index contributed by atoms with van der Waals surface area (Å²) < 4.78 is 11.4. The first-order valence-corrected chi connectivity index (χ1v) is 11.9. The number of rotatable bonds is 6. The van der Waals surface area contributed by atoms with Crippen molar-refractivity contribution in [3.05, 3.63) is 60.7 Å². The van der Waals surface area contributed by atoms with Gasteiger partial charge in [0.1, 0.15) is 17.8 Å². The lowest BCUT2D eigenvalue weighted by Crippen LogP contribution is -2.53. The van der Waals surface area contributed by atoms with Gasteiger partial charge in [-0.1, -0.05) is 63.8 Å². The molecule has 1 aliphatic heterocycles. The van der Waals surface area contributed by atoms with Crippen LogP contribution in [0.2, 0.25) is 0 Å². The molecule has 0 aliphatic carbocycles. The molecule has 0 radical (unpaired) electrons. The molecule has 188 valence electrons. The number of carbonyl (C=O) groups is 2. The van der Waals surface area contributed by atoms with Gasteiger partial charge in [0.2, 0.25) is 11.8 Å². The van der Waals surface area contributed by atoms with E-state index in [4.69, 9.17) is 25.2 Å². The summed E-state index contributed by atoms with van der Waals surface area (Å²) in [4.78, 5) is 36.9. The van der Waals surface area contributed by atoms with Gasteiger partial charge in [-0.3, -0.25) is 4.79 Å². The number of likely N-dealkylation sites (tertiary alicyclic amines) is 1. The SMILES string of the molecule is C=Cc1cccc(-c2nc3ccccc3nc2O[C@@H]2C[C@@H](C(=O)OC)N(C(=O)[C@@H](N)C(C)(C)C)C2)c1. The molecule has 2 aromatic carbocycles. The Bertz CT molecular complexity index is 1300. The molecule has 0 spiro atoms. The lowest BCUT2D eigenvalue weighted by Gasteiger charge is -2.32. The van der Waals surface area contributed by atoms with Crippen molar-refractivity contribution < 1.29 is 19.1 Å². The fourth-order valence-electron chi connectivity index (χ4n) is 4.26. The van der Waals surface area contributed by atoms with E-state index in [-0.39, 0.29) is 18.9 Å². The molecule has 1 saturated heterocycles. The van der Waals surface area contributed by atoms with Crippen LogP contribution in [0.4, 0.5) is 0 Å². The second kappa shape index (κ2) is 10.1. The van der Waals surface area contributed by atoms with Crippen LogP contribution < -0.4 is 10.5 Å². The molecule has 1 aromatic heterocycles. The molecule has 0 bridgehead atoms. The maximum atomic E-state index is 13.3. The molecule has 2 N–H and O–H groups in total. The van der Waals surface area contributed by atoms with Crippen LogP contribution in [-0.2, 0) is 14.3 Å². The Morgan fingerprint density at radius 1 is 1.14 bits per heavy atom. The van der Waals surface area contributed by atoms with E-state index in [9.17, 15) is 9.59 Å². The lowest BCUT2D eigenvalue weighted by atomic mass is 9.86. The van der Waals surface area contributed by atoms with Crippen LogP contribution in [0.25, 0.3) is 28.4 Å². The molecule has 8 nitrogen and oxygen atoms in total. The van der Waals surface area contributed by atoms with Gasteiger partial charge in [-0.05, 0) is 29.2 Å². The third-order valence-corrected chi connectivity index (χ3v) is 6.43. The molecule has 1 fully saturated rings. The smallest absolute Gasteiger partial charge is 0.328 e. The molecular formula is C28H32N4O4. The van der Waals surface area contributed by atoms with Crippen LogP contribution in [0, 0.1) is 5.41 Å². The van der Waals surface area contributed by atoms with Crippen LogP contribution in [0.3, 0.4) is 0 Å². The van der Waals surface area contributed by atoms with Crippen molar-refractivity contribution >= 4 is 29.0 Å². The first-order valence-electron chi connectivity index (χ1n) is 11.9. The van der Waals surface area contributed by atoms with Gasteiger partial charge in [0.05, 0.1) is 30.7 Å². The van der Waals surface area contributed by atoms with Gasteiger partial charge in [0.25, 0.3) is 0 Å². The molecule has 1 aliphatic rings. The van der Waals surface area contributed by atoms with E-state index in [2.05, 4.69) is 6.58 Å². The summed E-state index contributed by atoms with van der Waals surface area (Å²) in [5.41, 5.74) is 9.53.